The number of carbonyl (C=O) groups excluding carboxylic acids is 1. The first kappa shape index (κ1) is 22.4. The van der Waals surface area contributed by atoms with Gasteiger partial charge in [0.25, 0.3) is 5.91 Å². The van der Waals surface area contributed by atoms with Crippen molar-refractivity contribution >= 4 is 40.4 Å². The van der Waals surface area contributed by atoms with Crippen molar-refractivity contribution in [3.63, 3.8) is 0 Å². The fourth-order valence-electron chi connectivity index (χ4n) is 3.61. The maximum absolute atomic E-state index is 12.8. The fraction of sp³-hybridized carbons (Fsp3) is 0.160. The van der Waals surface area contributed by atoms with E-state index in [1.807, 2.05) is 61.5 Å². The second-order valence-corrected chi connectivity index (χ2v) is 10.2. The summed E-state index contributed by atoms with van der Waals surface area (Å²) in [4.78, 5) is 26.7. The molecule has 0 radical (unpaired) electrons. The van der Waals surface area contributed by atoms with Gasteiger partial charge in [0.15, 0.2) is 6.23 Å². The van der Waals surface area contributed by atoms with Crippen molar-refractivity contribution in [2.75, 3.05) is 24.3 Å². The number of nitrogens with one attached hydrogen (secondary N) is 2. The normalized spacial score (nSPS) is 14.4. The molecule has 1 unspecified atom stereocenters. The zero-order chi connectivity index (χ0) is 23.7. The summed E-state index contributed by atoms with van der Waals surface area (Å²) >= 11 is 3.08. The highest BCUT2D eigenvalue weighted by Crippen LogP contribution is 2.41. The molecule has 0 saturated carbocycles. The Bertz CT molecular complexity index is 1350. The summed E-state index contributed by atoms with van der Waals surface area (Å²) < 4.78 is 0. The number of benzene rings is 2. The third-order valence-electron chi connectivity index (χ3n) is 5.42. The van der Waals surface area contributed by atoms with Gasteiger partial charge in [-0.2, -0.15) is 0 Å². The SMILES string of the molecule is CN(C)c1ccnc(-c2ncc(CNC(=O)c3ccc4c(c3)NC(O)c3ccccc3S4)s2)c1. The quantitative estimate of drug-likeness (QED) is 0.372. The average molecular weight is 490 g/mol. The first-order chi connectivity index (χ1) is 16.5. The largest absolute Gasteiger partial charge is 0.378 e. The third kappa shape index (κ3) is 4.63. The monoisotopic (exact) mass is 489 g/mol. The number of aliphatic hydroxyl groups is 1. The van der Waals surface area contributed by atoms with Gasteiger partial charge < -0.3 is 20.6 Å². The van der Waals surface area contributed by atoms with Crippen LogP contribution in [-0.4, -0.2) is 35.1 Å². The predicted octanol–water partition coefficient (Wildman–Crippen LogP) is 4.77. The second kappa shape index (κ2) is 9.46. The van der Waals surface area contributed by atoms with Crippen LogP contribution in [0, 0.1) is 0 Å². The van der Waals surface area contributed by atoms with Crippen LogP contribution in [-0.2, 0) is 6.54 Å². The number of thiazole rings is 1. The van der Waals surface area contributed by atoms with Crippen LogP contribution >= 0.6 is 23.1 Å². The number of amides is 1. The number of aliphatic hydroxyl groups excluding tert-OH is 1. The van der Waals surface area contributed by atoms with Gasteiger partial charge >= 0.3 is 0 Å². The van der Waals surface area contributed by atoms with Crippen LogP contribution in [0.5, 0.6) is 0 Å². The Hall–Kier alpha value is -3.40. The Morgan fingerprint density at radius 3 is 2.82 bits per heavy atom. The Labute approximate surface area is 205 Å². The molecule has 3 heterocycles. The maximum Gasteiger partial charge on any atom is 0.251 e. The molecule has 1 aliphatic rings. The van der Waals surface area contributed by atoms with Gasteiger partial charge in [-0.05, 0) is 36.4 Å². The number of rotatable bonds is 5. The van der Waals surface area contributed by atoms with Gasteiger partial charge in [0.1, 0.15) is 10.7 Å². The number of hydrogen-bond acceptors (Lipinski definition) is 8. The highest BCUT2D eigenvalue weighted by Gasteiger charge is 2.21. The fourth-order valence-corrected chi connectivity index (χ4v) is 5.47. The average Bonchev–Trinajstić information content (AvgIpc) is 3.27. The van der Waals surface area contributed by atoms with Gasteiger partial charge in [0.05, 0.1) is 12.2 Å². The lowest BCUT2D eigenvalue weighted by Crippen LogP contribution is -2.22. The Morgan fingerprint density at radius 2 is 1.97 bits per heavy atom. The minimum Gasteiger partial charge on any atom is -0.378 e. The van der Waals surface area contributed by atoms with Crippen molar-refractivity contribution in [1.29, 1.82) is 0 Å². The molecule has 1 atom stereocenters. The molecule has 2 aromatic heterocycles. The van der Waals surface area contributed by atoms with E-state index in [9.17, 15) is 9.90 Å². The molecule has 1 aliphatic heterocycles. The van der Waals surface area contributed by atoms with Crippen LogP contribution in [0.25, 0.3) is 10.7 Å². The number of carbonyl (C=O) groups is 1. The van der Waals surface area contributed by atoms with E-state index in [-0.39, 0.29) is 5.91 Å². The zero-order valence-corrected chi connectivity index (χ0v) is 20.3. The second-order valence-electron chi connectivity index (χ2n) is 8.01. The summed E-state index contributed by atoms with van der Waals surface area (Å²) in [7, 11) is 3.97. The van der Waals surface area contributed by atoms with Gasteiger partial charge in [-0.15, -0.1) is 11.3 Å². The lowest BCUT2D eigenvalue weighted by molar-refractivity contribution is 0.0951. The minimum atomic E-state index is -0.835. The molecule has 1 amide bonds. The number of hydrogen-bond donors (Lipinski definition) is 3. The molecule has 2 aromatic carbocycles. The van der Waals surface area contributed by atoms with Crippen LogP contribution in [0.1, 0.15) is 27.0 Å². The summed E-state index contributed by atoms with van der Waals surface area (Å²) in [5.74, 6) is -0.187. The molecule has 4 aromatic rings. The highest BCUT2D eigenvalue weighted by molar-refractivity contribution is 7.99. The van der Waals surface area contributed by atoms with E-state index in [0.717, 1.165) is 42.3 Å². The number of aromatic nitrogens is 2. The van der Waals surface area contributed by atoms with E-state index >= 15 is 0 Å². The van der Waals surface area contributed by atoms with E-state index in [0.29, 0.717) is 12.1 Å². The van der Waals surface area contributed by atoms with Crippen LogP contribution in [0.4, 0.5) is 11.4 Å². The lowest BCUT2D eigenvalue weighted by Gasteiger charge is -2.14. The van der Waals surface area contributed by atoms with Crippen LogP contribution in [0.3, 0.4) is 0 Å². The Kier molecular flexibility index (Phi) is 6.23. The van der Waals surface area contributed by atoms with Gasteiger partial charge in [0, 0.05) is 58.0 Å². The van der Waals surface area contributed by atoms with Crippen molar-refractivity contribution in [3.8, 4) is 10.7 Å². The molecule has 5 rings (SSSR count). The smallest absolute Gasteiger partial charge is 0.251 e. The standard InChI is InChI=1S/C25H23N5O2S2/c1-30(2)16-9-10-26-20(12-16)25-28-14-17(33-25)13-27-23(31)15-7-8-22-19(11-15)29-24(32)18-5-3-4-6-21(18)34-22/h3-12,14,24,29,32H,13H2,1-2H3,(H,27,31). The molecular weight excluding hydrogens is 466 g/mol. The molecule has 0 saturated heterocycles. The third-order valence-corrected chi connectivity index (χ3v) is 7.61. The van der Waals surface area contributed by atoms with Crippen molar-refractivity contribution in [2.24, 2.45) is 0 Å². The molecule has 0 fully saturated rings. The van der Waals surface area contributed by atoms with E-state index < -0.39 is 6.23 Å². The highest BCUT2D eigenvalue weighted by atomic mass is 32.2. The molecule has 0 bridgehead atoms. The summed E-state index contributed by atoms with van der Waals surface area (Å²) in [6, 6.07) is 17.2. The van der Waals surface area contributed by atoms with E-state index in [1.165, 1.54) is 11.3 Å². The zero-order valence-electron chi connectivity index (χ0n) is 18.6. The summed E-state index contributed by atoms with van der Waals surface area (Å²) in [5.41, 5.74) is 3.94. The maximum atomic E-state index is 12.8. The van der Waals surface area contributed by atoms with E-state index in [2.05, 4.69) is 20.6 Å². The molecular formula is C25H23N5O2S2. The number of fused-ring (bicyclic) bond motifs is 2. The molecule has 0 aliphatic carbocycles. The van der Waals surface area contributed by atoms with Gasteiger partial charge in [-0.25, -0.2) is 4.98 Å². The van der Waals surface area contributed by atoms with Crippen LogP contribution in [0.2, 0.25) is 0 Å². The molecule has 9 heteroatoms. The van der Waals surface area contributed by atoms with Gasteiger partial charge in [-0.1, -0.05) is 30.0 Å². The van der Waals surface area contributed by atoms with Crippen molar-refractivity contribution < 1.29 is 9.90 Å². The van der Waals surface area contributed by atoms with Crippen molar-refractivity contribution in [1.82, 2.24) is 15.3 Å². The Morgan fingerprint density at radius 1 is 1.12 bits per heavy atom. The number of nitrogens with zero attached hydrogens (tertiary/aromatic N) is 3. The Balaban J connectivity index is 1.27. The molecule has 7 nitrogen and oxygen atoms in total. The molecule has 34 heavy (non-hydrogen) atoms. The first-order valence-electron chi connectivity index (χ1n) is 10.7. The molecule has 0 spiro atoms. The van der Waals surface area contributed by atoms with Crippen molar-refractivity contribution in [3.05, 3.63) is 83.0 Å². The molecule has 172 valence electrons. The summed E-state index contributed by atoms with van der Waals surface area (Å²) in [5, 5.41) is 17.5. The topological polar surface area (TPSA) is 90.4 Å². The number of anilines is 2. The van der Waals surface area contributed by atoms with Crippen LogP contribution < -0.4 is 15.5 Å². The summed E-state index contributed by atoms with van der Waals surface area (Å²) in [6.45, 7) is 0.372. The molecule has 3 N–H and O–H groups in total. The van der Waals surface area contributed by atoms with E-state index in [1.54, 1.807) is 36.3 Å². The first-order valence-corrected chi connectivity index (χ1v) is 12.3. The van der Waals surface area contributed by atoms with Crippen molar-refractivity contribution in [2.45, 2.75) is 22.6 Å². The predicted molar refractivity (Wildman–Crippen MR) is 136 cm³/mol. The number of pyridine rings is 1. The minimum absolute atomic E-state index is 0.187. The lowest BCUT2D eigenvalue weighted by atomic mass is 10.1. The van der Waals surface area contributed by atoms with Crippen LogP contribution in [0.15, 0.2) is 76.8 Å². The van der Waals surface area contributed by atoms with Gasteiger partial charge in [-0.3, -0.25) is 9.78 Å². The summed E-state index contributed by atoms with van der Waals surface area (Å²) in [6.07, 6.45) is 2.71. The van der Waals surface area contributed by atoms with E-state index in [4.69, 9.17) is 0 Å². The van der Waals surface area contributed by atoms with Gasteiger partial charge in [0.2, 0.25) is 0 Å².